The Bertz CT molecular complexity index is 705. The maximum atomic E-state index is 12.0. The number of ether oxygens (including phenoxy) is 1. The van der Waals surface area contributed by atoms with E-state index in [0.29, 0.717) is 23.4 Å². The fraction of sp³-hybridized carbons (Fsp3) is 0.125. The SMILES string of the molecule is COc1ccc(C(=O)NCc2cccc(C#N)c2)cc1O. The van der Waals surface area contributed by atoms with Crippen LogP contribution in [0.25, 0.3) is 0 Å². The highest BCUT2D eigenvalue weighted by Gasteiger charge is 2.09. The summed E-state index contributed by atoms with van der Waals surface area (Å²) in [7, 11) is 1.44. The van der Waals surface area contributed by atoms with E-state index in [4.69, 9.17) is 10.00 Å². The molecule has 0 aromatic heterocycles. The highest BCUT2D eigenvalue weighted by molar-refractivity contribution is 5.94. The molecule has 0 radical (unpaired) electrons. The summed E-state index contributed by atoms with van der Waals surface area (Å²) in [4.78, 5) is 12.0. The first kappa shape index (κ1) is 14.4. The standard InChI is InChI=1S/C16H14N2O3/c1-21-15-6-5-13(8-14(15)19)16(20)18-10-12-4-2-3-11(7-12)9-17/h2-8,19H,10H2,1H3,(H,18,20). The zero-order chi connectivity index (χ0) is 15.2. The van der Waals surface area contributed by atoms with Gasteiger partial charge in [0.2, 0.25) is 0 Å². The molecule has 2 rings (SSSR count). The van der Waals surface area contributed by atoms with E-state index in [1.165, 1.54) is 19.2 Å². The Hall–Kier alpha value is -3.00. The number of nitrogens with zero attached hydrogens (tertiary/aromatic N) is 1. The van der Waals surface area contributed by atoms with Crippen molar-refractivity contribution in [2.45, 2.75) is 6.54 Å². The average Bonchev–Trinajstić information content (AvgIpc) is 2.52. The Morgan fingerprint density at radius 1 is 1.33 bits per heavy atom. The lowest BCUT2D eigenvalue weighted by molar-refractivity contribution is 0.0950. The molecule has 2 aromatic rings. The lowest BCUT2D eigenvalue weighted by atomic mass is 10.1. The van der Waals surface area contributed by atoms with Crippen molar-refractivity contribution in [1.29, 1.82) is 5.26 Å². The minimum Gasteiger partial charge on any atom is -0.504 e. The second-order valence-corrected chi connectivity index (χ2v) is 4.38. The third-order valence-corrected chi connectivity index (χ3v) is 2.95. The lowest BCUT2D eigenvalue weighted by Crippen LogP contribution is -2.22. The van der Waals surface area contributed by atoms with Crippen LogP contribution in [0.15, 0.2) is 42.5 Å². The maximum absolute atomic E-state index is 12.0. The first-order valence-electron chi connectivity index (χ1n) is 6.28. The van der Waals surface area contributed by atoms with E-state index in [0.717, 1.165) is 5.56 Å². The molecule has 0 unspecified atom stereocenters. The lowest BCUT2D eigenvalue weighted by Gasteiger charge is -2.08. The van der Waals surface area contributed by atoms with Crippen molar-refractivity contribution in [2.24, 2.45) is 0 Å². The summed E-state index contributed by atoms with van der Waals surface area (Å²) in [6, 6.07) is 13.5. The van der Waals surface area contributed by atoms with Crippen LogP contribution in [0.4, 0.5) is 0 Å². The fourth-order valence-corrected chi connectivity index (χ4v) is 1.87. The van der Waals surface area contributed by atoms with Gasteiger partial charge < -0.3 is 15.2 Å². The Morgan fingerprint density at radius 3 is 2.81 bits per heavy atom. The molecule has 0 bridgehead atoms. The molecule has 2 aromatic carbocycles. The van der Waals surface area contributed by atoms with Crippen molar-refractivity contribution >= 4 is 5.91 Å². The predicted molar refractivity (Wildman–Crippen MR) is 77.0 cm³/mol. The number of hydrogen-bond donors (Lipinski definition) is 2. The van der Waals surface area contributed by atoms with Crippen molar-refractivity contribution < 1.29 is 14.6 Å². The number of benzene rings is 2. The molecule has 106 valence electrons. The second kappa shape index (κ2) is 6.44. The number of nitriles is 1. The van der Waals surface area contributed by atoms with E-state index >= 15 is 0 Å². The first-order chi connectivity index (χ1) is 10.1. The number of phenols is 1. The van der Waals surface area contributed by atoms with E-state index in [2.05, 4.69) is 5.32 Å². The molecule has 0 atom stereocenters. The second-order valence-electron chi connectivity index (χ2n) is 4.38. The van der Waals surface area contributed by atoms with Crippen molar-refractivity contribution in [3.8, 4) is 17.6 Å². The van der Waals surface area contributed by atoms with Gasteiger partial charge in [-0.2, -0.15) is 5.26 Å². The molecule has 2 N–H and O–H groups in total. The zero-order valence-corrected chi connectivity index (χ0v) is 11.5. The van der Waals surface area contributed by atoms with Crippen LogP contribution >= 0.6 is 0 Å². The van der Waals surface area contributed by atoms with Gasteiger partial charge in [-0.1, -0.05) is 12.1 Å². The van der Waals surface area contributed by atoms with Gasteiger partial charge >= 0.3 is 0 Å². The Kier molecular flexibility index (Phi) is 4.42. The summed E-state index contributed by atoms with van der Waals surface area (Å²) in [5, 5.41) is 21.2. The molecule has 0 fully saturated rings. The predicted octanol–water partition coefficient (Wildman–Crippen LogP) is 2.20. The van der Waals surface area contributed by atoms with Crippen LogP contribution in [-0.4, -0.2) is 18.1 Å². The molecule has 0 aliphatic heterocycles. The number of carbonyl (C=O) groups is 1. The summed E-state index contributed by atoms with van der Waals surface area (Å²) in [5.41, 5.74) is 1.72. The Balaban J connectivity index is 2.04. The molecular weight excluding hydrogens is 268 g/mol. The molecule has 0 aliphatic rings. The quantitative estimate of drug-likeness (QED) is 0.900. The van der Waals surface area contributed by atoms with Crippen LogP contribution in [0.1, 0.15) is 21.5 Å². The van der Waals surface area contributed by atoms with E-state index in [1.54, 1.807) is 24.3 Å². The minimum atomic E-state index is -0.310. The summed E-state index contributed by atoms with van der Waals surface area (Å²) >= 11 is 0. The van der Waals surface area contributed by atoms with E-state index in [-0.39, 0.29) is 11.7 Å². The number of nitrogens with one attached hydrogen (secondary N) is 1. The van der Waals surface area contributed by atoms with Crippen molar-refractivity contribution in [2.75, 3.05) is 7.11 Å². The van der Waals surface area contributed by atoms with Crippen LogP contribution < -0.4 is 10.1 Å². The minimum absolute atomic E-state index is 0.0865. The third-order valence-electron chi connectivity index (χ3n) is 2.95. The van der Waals surface area contributed by atoms with Crippen molar-refractivity contribution in [3.63, 3.8) is 0 Å². The Labute approximate surface area is 122 Å². The van der Waals surface area contributed by atoms with Gasteiger partial charge in [-0.15, -0.1) is 0 Å². The number of aromatic hydroxyl groups is 1. The van der Waals surface area contributed by atoms with Gasteiger partial charge in [-0.25, -0.2) is 0 Å². The number of carbonyl (C=O) groups excluding carboxylic acids is 1. The van der Waals surface area contributed by atoms with Gasteiger partial charge in [0, 0.05) is 12.1 Å². The molecule has 0 saturated carbocycles. The summed E-state index contributed by atoms with van der Waals surface area (Å²) in [6.07, 6.45) is 0. The number of rotatable bonds is 4. The Morgan fingerprint density at radius 2 is 2.14 bits per heavy atom. The van der Waals surface area contributed by atoms with Crippen LogP contribution in [0, 0.1) is 11.3 Å². The van der Waals surface area contributed by atoms with Crippen LogP contribution in [-0.2, 0) is 6.54 Å². The molecule has 1 amide bonds. The topological polar surface area (TPSA) is 82.3 Å². The number of methoxy groups -OCH3 is 1. The monoisotopic (exact) mass is 282 g/mol. The van der Waals surface area contributed by atoms with Gasteiger partial charge in [-0.05, 0) is 35.9 Å². The average molecular weight is 282 g/mol. The normalized spacial score (nSPS) is 9.71. The van der Waals surface area contributed by atoms with Gasteiger partial charge in [0.05, 0.1) is 18.7 Å². The van der Waals surface area contributed by atoms with E-state index in [1.807, 2.05) is 12.1 Å². The van der Waals surface area contributed by atoms with E-state index in [9.17, 15) is 9.90 Å². The van der Waals surface area contributed by atoms with Gasteiger partial charge in [0.15, 0.2) is 11.5 Å². The van der Waals surface area contributed by atoms with Crippen LogP contribution in [0.2, 0.25) is 0 Å². The summed E-state index contributed by atoms with van der Waals surface area (Å²) in [5.74, 6) is -0.0831. The largest absolute Gasteiger partial charge is 0.504 e. The van der Waals surface area contributed by atoms with Gasteiger partial charge in [0.1, 0.15) is 0 Å². The third kappa shape index (κ3) is 3.51. The van der Waals surface area contributed by atoms with Crippen LogP contribution in [0.3, 0.4) is 0 Å². The molecular formula is C16H14N2O3. The van der Waals surface area contributed by atoms with E-state index < -0.39 is 0 Å². The fourth-order valence-electron chi connectivity index (χ4n) is 1.87. The smallest absolute Gasteiger partial charge is 0.251 e. The molecule has 5 heteroatoms. The van der Waals surface area contributed by atoms with Gasteiger partial charge in [-0.3, -0.25) is 4.79 Å². The molecule has 5 nitrogen and oxygen atoms in total. The highest BCUT2D eigenvalue weighted by Crippen LogP contribution is 2.26. The van der Waals surface area contributed by atoms with Crippen molar-refractivity contribution in [3.05, 3.63) is 59.2 Å². The van der Waals surface area contributed by atoms with Gasteiger partial charge in [0.25, 0.3) is 5.91 Å². The first-order valence-corrected chi connectivity index (χ1v) is 6.28. The number of phenolic OH excluding ortho intramolecular Hbond substituents is 1. The molecule has 0 saturated heterocycles. The number of hydrogen-bond acceptors (Lipinski definition) is 4. The van der Waals surface area contributed by atoms with Crippen molar-refractivity contribution in [1.82, 2.24) is 5.32 Å². The number of amides is 1. The molecule has 0 spiro atoms. The summed E-state index contributed by atoms with van der Waals surface area (Å²) < 4.78 is 4.92. The molecule has 0 aliphatic carbocycles. The summed E-state index contributed by atoms with van der Waals surface area (Å²) in [6.45, 7) is 0.307. The highest BCUT2D eigenvalue weighted by atomic mass is 16.5. The molecule has 0 heterocycles. The maximum Gasteiger partial charge on any atom is 0.251 e. The zero-order valence-electron chi connectivity index (χ0n) is 11.5. The van der Waals surface area contributed by atoms with Crippen LogP contribution in [0.5, 0.6) is 11.5 Å². The molecule has 21 heavy (non-hydrogen) atoms.